The van der Waals surface area contributed by atoms with Crippen LogP contribution < -0.4 is 10.0 Å². The number of pyridine rings is 2. The molecule has 108 valence electrons. The van der Waals surface area contributed by atoms with Gasteiger partial charge in [-0.25, -0.2) is 4.57 Å². The largest absolute Gasteiger partial charge is 0.488 e. The van der Waals surface area contributed by atoms with E-state index in [0.717, 1.165) is 16.7 Å². The van der Waals surface area contributed by atoms with Crippen LogP contribution >= 0.6 is 0 Å². The summed E-state index contributed by atoms with van der Waals surface area (Å²) in [4.78, 5) is 4.02. The van der Waals surface area contributed by atoms with E-state index in [9.17, 15) is 10.0 Å². The average Bonchev–Trinajstić information content (AvgIpc) is 2.57. The third-order valence-corrected chi connectivity index (χ3v) is 3.59. The van der Waals surface area contributed by atoms with Gasteiger partial charge in [0.15, 0.2) is 18.9 Å². The molecule has 0 atom stereocenters. The maximum atomic E-state index is 9.42. The monoisotopic (exact) mass is 291 g/mol. The van der Waals surface area contributed by atoms with Gasteiger partial charge in [0.05, 0.1) is 0 Å². The van der Waals surface area contributed by atoms with Crippen LogP contribution in [0.4, 0.5) is 0 Å². The third kappa shape index (κ3) is 3.22. The lowest BCUT2D eigenvalue weighted by Crippen LogP contribution is -2.40. The highest BCUT2D eigenvalue weighted by Gasteiger charge is 2.17. The second-order valence-electron chi connectivity index (χ2n) is 5.07. The summed E-state index contributed by atoms with van der Waals surface area (Å²) in [5, 5.41) is 18.8. The predicted molar refractivity (Wildman–Crippen MR) is 85.2 cm³/mol. The SMILES string of the molecule is OB(O)c1ccccc1C[n+]1ccc(-c2ccncc2)cc1. The molecule has 2 N–H and O–H groups in total. The molecule has 0 saturated heterocycles. The van der Waals surface area contributed by atoms with E-state index < -0.39 is 7.12 Å². The van der Waals surface area contributed by atoms with Crippen molar-refractivity contribution in [3.63, 3.8) is 0 Å². The maximum Gasteiger partial charge on any atom is 0.488 e. The standard InChI is InChI=1S/C17H16BN2O2/c21-18(22)17-4-2-1-3-16(17)13-20-11-7-15(8-12-20)14-5-9-19-10-6-14/h1-12,21-22H,13H2/q+1. The van der Waals surface area contributed by atoms with Gasteiger partial charge < -0.3 is 10.0 Å². The smallest absolute Gasteiger partial charge is 0.423 e. The van der Waals surface area contributed by atoms with Crippen LogP contribution in [-0.4, -0.2) is 22.2 Å². The van der Waals surface area contributed by atoms with Gasteiger partial charge in [-0.15, -0.1) is 0 Å². The van der Waals surface area contributed by atoms with Crippen molar-refractivity contribution >= 4 is 12.6 Å². The van der Waals surface area contributed by atoms with E-state index in [1.54, 1.807) is 24.5 Å². The zero-order valence-electron chi connectivity index (χ0n) is 12.0. The molecule has 0 aliphatic carbocycles. The summed E-state index contributed by atoms with van der Waals surface area (Å²) in [6, 6.07) is 15.3. The van der Waals surface area contributed by atoms with E-state index >= 15 is 0 Å². The van der Waals surface area contributed by atoms with Crippen LogP contribution in [0.3, 0.4) is 0 Å². The zero-order chi connectivity index (χ0) is 15.4. The van der Waals surface area contributed by atoms with E-state index in [4.69, 9.17) is 0 Å². The Labute approximate surface area is 129 Å². The number of hydrogen-bond acceptors (Lipinski definition) is 3. The molecule has 0 unspecified atom stereocenters. The molecule has 2 aromatic heterocycles. The van der Waals surface area contributed by atoms with Crippen LogP contribution in [0.25, 0.3) is 11.1 Å². The fraction of sp³-hybridized carbons (Fsp3) is 0.0588. The molecule has 5 heteroatoms. The first-order valence-corrected chi connectivity index (χ1v) is 7.07. The second kappa shape index (κ2) is 6.51. The molecule has 0 bridgehead atoms. The molecule has 2 heterocycles. The van der Waals surface area contributed by atoms with Crippen molar-refractivity contribution in [3.05, 3.63) is 78.9 Å². The molecule has 0 aliphatic heterocycles. The summed E-state index contributed by atoms with van der Waals surface area (Å²) in [6.07, 6.45) is 7.51. The molecule has 0 spiro atoms. The number of hydrogen-bond donors (Lipinski definition) is 2. The van der Waals surface area contributed by atoms with Crippen molar-refractivity contribution in [2.24, 2.45) is 0 Å². The normalized spacial score (nSPS) is 10.5. The third-order valence-electron chi connectivity index (χ3n) is 3.59. The van der Waals surface area contributed by atoms with Crippen molar-refractivity contribution in [2.75, 3.05) is 0 Å². The fourth-order valence-corrected chi connectivity index (χ4v) is 2.43. The Hall–Kier alpha value is -2.50. The zero-order valence-corrected chi connectivity index (χ0v) is 12.0. The van der Waals surface area contributed by atoms with Gasteiger partial charge in [-0.2, -0.15) is 0 Å². The van der Waals surface area contributed by atoms with Crippen molar-refractivity contribution in [2.45, 2.75) is 6.54 Å². The molecule has 0 radical (unpaired) electrons. The highest BCUT2D eigenvalue weighted by molar-refractivity contribution is 6.59. The Kier molecular flexibility index (Phi) is 4.28. The number of aromatic nitrogens is 2. The van der Waals surface area contributed by atoms with Crippen LogP contribution in [0.1, 0.15) is 5.56 Å². The Balaban J connectivity index is 1.83. The maximum absolute atomic E-state index is 9.42. The number of benzene rings is 1. The Bertz CT molecular complexity index is 746. The van der Waals surface area contributed by atoms with Crippen LogP contribution in [0, 0.1) is 0 Å². The van der Waals surface area contributed by atoms with Crippen molar-refractivity contribution in [1.29, 1.82) is 0 Å². The van der Waals surface area contributed by atoms with Gasteiger partial charge in [-0.1, -0.05) is 24.3 Å². The van der Waals surface area contributed by atoms with Gasteiger partial charge in [0.25, 0.3) is 0 Å². The molecule has 0 fully saturated rings. The lowest BCUT2D eigenvalue weighted by Gasteiger charge is -2.06. The second-order valence-corrected chi connectivity index (χ2v) is 5.07. The minimum atomic E-state index is -1.45. The van der Waals surface area contributed by atoms with Crippen LogP contribution in [0.2, 0.25) is 0 Å². The topological polar surface area (TPSA) is 57.2 Å². The molecule has 0 saturated carbocycles. The Morgan fingerprint density at radius 3 is 2.18 bits per heavy atom. The number of rotatable bonds is 4. The van der Waals surface area contributed by atoms with Gasteiger partial charge in [-0.3, -0.25) is 4.98 Å². The first kappa shape index (κ1) is 14.4. The molecule has 22 heavy (non-hydrogen) atoms. The molecule has 1 aromatic carbocycles. The molecular formula is C17H16BN2O2+. The number of nitrogens with zero attached hydrogens (tertiary/aromatic N) is 2. The van der Waals surface area contributed by atoms with Gasteiger partial charge in [0.2, 0.25) is 0 Å². The quantitative estimate of drug-likeness (QED) is 0.551. The van der Waals surface area contributed by atoms with E-state index in [1.807, 2.05) is 53.4 Å². The van der Waals surface area contributed by atoms with E-state index in [1.165, 1.54) is 0 Å². The predicted octanol–water partition coefficient (Wildman–Crippen LogP) is 0.764. The molecule has 0 aliphatic rings. The Morgan fingerprint density at radius 1 is 0.864 bits per heavy atom. The van der Waals surface area contributed by atoms with Gasteiger partial charge in [0.1, 0.15) is 0 Å². The summed E-state index contributed by atoms with van der Waals surface area (Å²) >= 11 is 0. The van der Waals surface area contributed by atoms with E-state index in [2.05, 4.69) is 4.98 Å². The summed E-state index contributed by atoms with van der Waals surface area (Å²) < 4.78 is 2.01. The molecule has 3 aromatic rings. The minimum Gasteiger partial charge on any atom is -0.423 e. The average molecular weight is 291 g/mol. The molecule has 4 nitrogen and oxygen atoms in total. The fourth-order valence-electron chi connectivity index (χ4n) is 2.43. The van der Waals surface area contributed by atoms with Crippen LogP contribution in [-0.2, 0) is 6.54 Å². The minimum absolute atomic E-state index is 0.535. The first-order valence-electron chi connectivity index (χ1n) is 7.07. The van der Waals surface area contributed by atoms with E-state index in [-0.39, 0.29) is 0 Å². The van der Waals surface area contributed by atoms with Crippen LogP contribution in [0.15, 0.2) is 73.3 Å². The Morgan fingerprint density at radius 2 is 1.50 bits per heavy atom. The summed E-state index contributed by atoms with van der Waals surface area (Å²) in [5.74, 6) is 0. The van der Waals surface area contributed by atoms with Crippen LogP contribution in [0.5, 0.6) is 0 Å². The highest BCUT2D eigenvalue weighted by atomic mass is 16.4. The summed E-state index contributed by atoms with van der Waals surface area (Å²) in [7, 11) is -1.45. The highest BCUT2D eigenvalue weighted by Crippen LogP contribution is 2.15. The van der Waals surface area contributed by atoms with Gasteiger partial charge in [-0.05, 0) is 28.7 Å². The molecular weight excluding hydrogens is 275 g/mol. The van der Waals surface area contributed by atoms with Crippen molar-refractivity contribution in [1.82, 2.24) is 4.98 Å². The van der Waals surface area contributed by atoms with Gasteiger partial charge >= 0.3 is 7.12 Å². The first-order chi connectivity index (χ1) is 10.7. The summed E-state index contributed by atoms with van der Waals surface area (Å²) in [6.45, 7) is 0.588. The summed E-state index contributed by atoms with van der Waals surface area (Å²) in [5.41, 5.74) is 3.66. The van der Waals surface area contributed by atoms with Crippen molar-refractivity contribution in [3.8, 4) is 11.1 Å². The lowest BCUT2D eigenvalue weighted by molar-refractivity contribution is -0.688. The van der Waals surface area contributed by atoms with E-state index in [0.29, 0.717) is 12.0 Å². The lowest BCUT2D eigenvalue weighted by atomic mass is 9.77. The van der Waals surface area contributed by atoms with Crippen molar-refractivity contribution < 1.29 is 14.6 Å². The molecule has 0 amide bonds. The van der Waals surface area contributed by atoms with Gasteiger partial charge in [0, 0.05) is 30.1 Å². The molecule has 3 rings (SSSR count).